The largest absolute Gasteiger partial charge is 0.271 e. The zero-order valence-electron chi connectivity index (χ0n) is 17.9. The van der Waals surface area contributed by atoms with E-state index in [0.29, 0.717) is 15.1 Å². The van der Waals surface area contributed by atoms with E-state index in [1.807, 2.05) is 61.5 Å². The van der Waals surface area contributed by atoms with Crippen LogP contribution in [0.4, 0.5) is 11.4 Å². The number of amides is 1. The summed E-state index contributed by atoms with van der Waals surface area (Å²) in [4.78, 5) is 20.8. The molecular weight excluding hydrogens is 424 g/mol. The molecule has 0 spiro atoms. The van der Waals surface area contributed by atoms with Crippen molar-refractivity contribution in [2.75, 3.05) is 4.90 Å². The second-order valence-corrected chi connectivity index (χ2v) is 9.08. The lowest BCUT2D eigenvalue weighted by molar-refractivity contribution is -0.113. The van der Waals surface area contributed by atoms with E-state index in [9.17, 15) is 4.79 Å². The molecule has 3 nitrogen and oxygen atoms in total. The molecule has 0 bridgehead atoms. The van der Waals surface area contributed by atoms with Gasteiger partial charge in [0.05, 0.1) is 16.3 Å². The van der Waals surface area contributed by atoms with Crippen molar-refractivity contribution in [2.45, 2.75) is 27.7 Å². The number of halogens is 1. The first-order valence-corrected chi connectivity index (χ1v) is 11.3. The van der Waals surface area contributed by atoms with Gasteiger partial charge in [-0.25, -0.2) is 4.99 Å². The maximum absolute atomic E-state index is 13.5. The molecule has 0 aromatic heterocycles. The first-order chi connectivity index (χ1) is 14.8. The highest BCUT2D eigenvalue weighted by Gasteiger charge is 2.35. The van der Waals surface area contributed by atoms with Crippen molar-refractivity contribution in [1.29, 1.82) is 0 Å². The Labute approximate surface area is 192 Å². The van der Waals surface area contributed by atoms with Gasteiger partial charge in [0.1, 0.15) is 0 Å². The van der Waals surface area contributed by atoms with Gasteiger partial charge in [0.25, 0.3) is 5.91 Å². The molecule has 0 aliphatic carbocycles. The van der Waals surface area contributed by atoms with Crippen LogP contribution in [0.15, 0.2) is 70.6 Å². The summed E-state index contributed by atoms with van der Waals surface area (Å²) in [5, 5.41) is 1.33. The number of amidine groups is 1. The van der Waals surface area contributed by atoms with Crippen LogP contribution in [0.2, 0.25) is 5.02 Å². The number of benzene rings is 3. The number of aliphatic imine (C=N–C) groups is 1. The lowest BCUT2D eigenvalue weighted by Crippen LogP contribution is -2.29. The zero-order chi connectivity index (χ0) is 22.1. The molecule has 3 aromatic rings. The summed E-state index contributed by atoms with van der Waals surface area (Å²) in [6.45, 7) is 8.22. The minimum atomic E-state index is -0.0716. The van der Waals surface area contributed by atoms with Gasteiger partial charge in [0, 0.05) is 5.02 Å². The maximum atomic E-state index is 13.5. The van der Waals surface area contributed by atoms with Crippen molar-refractivity contribution in [3.05, 3.63) is 98.4 Å². The molecule has 1 saturated heterocycles. The van der Waals surface area contributed by atoms with Gasteiger partial charge in [-0.1, -0.05) is 48.0 Å². The van der Waals surface area contributed by atoms with E-state index >= 15 is 0 Å². The zero-order valence-corrected chi connectivity index (χ0v) is 19.5. The van der Waals surface area contributed by atoms with Crippen LogP contribution < -0.4 is 4.90 Å². The van der Waals surface area contributed by atoms with Crippen LogP contribution in [-0.2, 0) is 4.79 Å². The van der Waals surface area contributed by atoms with Crippen molar-refractivity contribution >= 4 is 51.9 Å². The van der Waals surface area contributed by atoms with Crippen LogP contribution in [0, 0.1) is 27.7 Å². The molecule has 1 fully saturated rings. The SMILES string of the molecule is Cc1cccc(N=C2S/C(=C/c3ccc(Cl)cc3)C(=O)N2c2cccc(C)c2C)c1C. The molecule has 0 saturated carbocycles. The molecule has 156 valence electrons. The van der Waals surface area contributed by atoms with Crippen LogP contribution in [-0.4, -0.2) is 11.1 Å². The monoisotopic (exact) mass is 446 g/mol. The summed E-state index contributed by atoms with van der Waals surface area (Å²) in [7, 11) is 0. The van der Waals surface area contributed by atoms with Gasteiger partial charge in [0.15, 0.2) is 5.17 Å². The standard InChI is InChI=1S/C26H23ClN2OS/c1-16-7-5-9-22(18(16)3)28-26-29(23-10-6-8-17(2)19(23)4)25(30)24(31-26)15-20-11-13-21(27)14-12-20/h5-15H,1-4H3/b24-15+,28-26?. The Morgan fingerprint density at radius 1 is 0.871 bits per heavy atom. The van der Waals surface area contributed by atoms with Gasteiger partial charge >= 0.3 is 0 Å². The highest BCUT2D eigenvalue weighted by molar-refractivity contribution is 8.19. The second kappa shape index (κ2) is 8.74. The fourth-order valence-corrected chi connectivity index (χ4v) is 4.52. The number of thioether (sulfide) groups is 1. The highest BCUT2D eigenvalue weighted by atomic mass is 35.5. The first kappa shape index (κ1) is 21.4. The predicted molar refractivity (Wildman–Crippen MR) is 133 cm³/mol. The normalized spacial score (nSPS) is 16.5. The summed E-state index contributed by atoms with van der Waals surface area (Å²) in [5.41, 5.74) is 7.15. The van der Waals surface area contributed by atoms with Gasteiger partial charge in [-0.05, 0) is 97.6 Å². The van der Waals surface area contributed by atoms with E-state index in [4.69, 9.17) is 16.6 Å². The second-order valence-electron chi connectivity index (χ2n) is 7.64. The molecule has 0 radical (unpaired) electrons. The van der Waals surface area contributed by atoms with Crippen molar-refractivity contribution in [3.8, 4) is 0 Å². The van der Waals surface area contributed by atoms with E-state index in [1.165, 1.54) is 17.3 Å². The van der Waals surface area contributed by atoms with Crippen LogP contribution in [0.25, 0.3) is 6.08 Å². The summed E-state index contributed by atoms with van der Waals surface area (Å²) >= 11 is 7.41. The third-order valence-corrected chi connectivity index (χ3v) is 6.80. The van der Waals surface area contributed by atoms with E-state index in [-0.39, 0.29) is 5.91 Å². The van der Waals surface area contributed by atoms with E-state index in [0.717, 1.165) is 33.6 Å². The number of hydrogen-bond acceptors (Lipinski definition) is 3. The van der Waals surface area contributed by atoms with Crippen molar-refractivity contribution < 1.29 is 4.79 Å². The van der Waals surface area contributed by atoms with Gasteiger partial charge < -0.3 is 0 Å². The summed E-state index contributed by atoms with van der Waals surface area (Å²) in [6.07, 6.45) is 1.90. The topological polar surface area (TPSA) is 32.7 Å². The fourth-order valence-electron chi connectivity index (χ4n) is 3.41. The van der Waals surface area contributed by atoms with Crippen molar-refractivity contribution in [1.82, 2.24) is 0 Å². The quantitative estimate of drug-likeness (QED) is 0.393. The molecule has 0 N–H and O–H groups in total. The lowest BCUT2D eigenvalue weighted by atomic mass is 10.1. The molecule has 31 heavy (non-hydrogen) atoms. The summed E-state index contributed by atoms with van der Waals surface area (Å²) in [5.74, 6) is -0.0716. The van der Waals surface area contributed by atoms with Gasteiger partial charge in [-0.15, -0.1) is 0 Å². The Balaban J connectivity index is 1.85. The van der Waals surface area contributed by atoms with Crippen molar-refractivity contribution in [3.63, 3.8) is 0 Å². The fraction of sp³-hybridized carbons (Fsp3) is 0.154. The molecule has 1 heterocycles. The Bertz CT molecular complexity index is 1230. The summed E-state index contributed by atoms with van der Waals surface area (Å²) in [6, 6.07) is 19.5. The molecule has 1 amide bonds. The third kappa shape index (κ3) is 4.32. The first-order valence-electron chi connectivity index (χ1n) is 10.1. The highest BCUT2D eigenvalue weighted by Crippen LogP contribution is 2.39. The van der Waals surface area contributed by atoms with E-state index < -0.39 is 0 Å². The smallest absolute Gasteiger partial charge is 0.268 e. The number of hydrogen-bond donors (Lipinski definition) is 0. The van der Waals surface area contributed by atoms with E-state index in [1.54, 1.807) is 4.90 Å². The average molecular weight is 447 g/mol. The Morgan fingerprint density at radius 3 is 2.23 bits per heavy atom. The number of aryl methyl sites for hydroxylation is 2. The number of carbonyl (C=O) groups excluding carboxylic acids is 1. The van der Waals surface area contributed by atoms with E-state index in [2.05, 4.69) is 32.9 Å². The van der Waals surface area contributed by atoms with Gasteiger partial charge in [-0.2, -0.15) is 0 Å². The lowest BCUT2D eigenvalue weighted by Gasteiger charge is -2.19. The molecular formula is C26H23ClN2OS. The molecule has 1 aliphatic heterocycles. The molecule has 3 aromatic carbocycles. The van der Waals surface area contributed by atoms with Crippen LogP contribution >= 0.6 is 23.4 Å². The molecule has 1 aliphatic rings. The Morgan fingerprint density at radius 2 is 1.52 bits per heavy atom. The van der Waals surface area contributed by atoms with Gasteiger partial charge in [-0.3, -0.25) is 9.69 Å². The van der Waals surface area contributed by atoms with Gasteiger partial charge in [0.2, 0.25) is 0 Å². The molecule has 0 unspecified atom stereocenters. The number of carbonyl (C=O) groups is 1. The van der Waals surface area contributed by atoms with Crippen LogP contribution in [0.5, 0.6) is 0 Å². The predicted octanol–water partition coefficient (Wildman–Crippen LogP) is 7.38. The number of nitrogens with zero attached hydrogens (tertiary/aromatic N) is 2. The third-order valence-electron chi connectivity index (χ3n) is 5.58. The Hall–Kier alpha value is -2.82. The molecule has 5 heteroatoms. The average Bonchev–Trinajstić information content (AvgIpc) is 3.04. The Kier molecular flexibility index (Phi) is 6.03. The summed E-state index contributed by atoms with van der Waals surface area (Å²) < 4.78 is 0. The molecule has 0 atom stereocenters. The minimum Gasteiger partial charge on any atom is -0.268 e. The molecule has 4 rings (SSSR count). The van der Waals surface area contributed by atoms with Crippen molar-refractivity contribution in [2.24, 2.45) is 4.99 Å². The number of anilines is 1. The number of rotatable bonds is 3. The minimum absolute atomic E-state index is 0.0716. The van der Waals surface area contributed by atoms with Crippen LogP contribution in [0.1, 0.15) is 27.8 Å². The maximum Gasteiger partial charge on any atom is 0.271 e. The van der Waals surface area contributed by atoms with Crippen LogP contribution in [0.3, 0.4) is 0 Å².